The summed E-state index contributed by atoms with van der Waals surface area (Å²) in [7, 11) is 0. The summed E-state index contributed by atoms with van der Waals surface area (Å²) in [5.41, 5.74) is 3.61. The van der Waals surface area contributed by atoms with Crippen molar-refractivity contribution in [1.29, 1.82) is 0 Å². The number of rotatable bonds is 3. The van der Waals surface area contributed by atoms with E-state index in [1.807, 2.05) is 35.0 Å². The molecule has 2 heterocycles. The van der Waals surface area contributed by atoms with E-state index in [0.717, 1.165) is 42.6 Å². The highest BCUT2D eigenvalue weighted by molar-refractivity contribution is 5.94. The van der Waals surface area contributed by atoms with Gasteiger partial charge in [0.05, 0.1) is 11.6 Å². The molecule has 0 saturated carbocycles. The third kappa shape index (κ3) is 2.81. The Morgan fingerprint density at radius 1 is 1.12 bits per heavy atom. The van der Waals surface area contributed by atoms with Crippen molar-refractivity contribution < 1.29 is 14.7 Å². The quantitative estimate of drug-likeness (QED) is 0.931. The number of carboxylic acid groups (broad SMARTS) is 1. The molecule has 1 unspecified atom stereocenters. The first-order chi connectivity index (χ1) is 12.1. The number of likely N-dealkylation sites (tertiary alicyclic amines) is 1. The fraction of sp³-hybridized carbons (Fsp3) is 0.421. The molecular formula is C19H21N3O3. The Morgan fingerprint density at radius 3 is 2.68 bits per heavy atom. The zero-order valence-corrected chi connectivity index (χ0v) is 14.0. The Balaban J connectivity index is 1.67. The molecule has 130 valence electrons. The summed E-state index contributed by atoms with van der Waals surface area (Å²) in [6.45, 7) is 0.886. The highest BCUT2D eigenvalue weighted by Crippen LogP contribution is 2.29. The third-order valence-corrected chi connectivity index (χ3v) is 5.19. The third-order valence-electron chi connectivity index (χ3n) is 5.19. The van der Waals surface area contributed by atoms with Crippen molar-refractivity contribution in [1.82, 2.24) is 14.7 Å². The van der Waals surface area contributed by atoms with Crippen LogP contribution in [0.2, 0.25) is 0 Å². The minimum atomic E-state index is -0.822. The van der Waals surface area contributed by atoms with Gasteiger partial charge in [-0.25, -0.2) is 4.68 Å². The molecule has 1 aliphatic heterocycles. The van der Waals surface area contributed by atoms with Crippen molar-refractivity contribution in [3.8, 4) is 5.69 Å². The van der Waals surface area contributed by atoms with Crippen LogP contribution in [0.25, 0.3) is 5.69 Å². The van der Waals surface area contributed by atoms with E-state index in [9.17, 15) is 14.7 Å². The van der Waals surface area contributed by atoms with Crippen LogP contribution >= 0.6 is 0 Å². The van der Waals surface area contributed by atoms with E-state index in [4.69, 9.17) is 0 Å². The van der Waals surface area contributed by atoms with Gasteiger partial charge >= 0.3 is 5.97 Å². The fourth-order valence-electron chi connectivity index (χ4n) is 3.90. The van der Waals surface area contributed by atoms with Crippen LogP contribution in [0.5, 0.6) is 0 Å². The highest BCUT2D eigenvalue weighted by Gasteiger charge is 2.33. The van der Waals surface area contributed by atoms with Crippen LogP contribution in [0, 0.1) is 5.92 Å². The summed E-state index contributed by atoms with van der Waals surface area (Å²) < 4.78 is 1.88. The lowest BCUT2D eigenvalue weighted by Gasteiger charge is -2.30. The van der Waals surface area contributed by atoms with Crippen molar-refractivity contribution in [2.24, 2.45) is 5.92 Å². The van der Waals surface area contributed by atoms with E-state index in [1.54, 1.807) is 4.90 Å². The van der Waals surface area contributed by atoms with Crippen LogP contribution < -0.4 is 0 Å². The maximum atomic E-state index is 13.0. The summed E-state index contributed by atoms with van der Waals surface area (Å²) in [5.74, 6) is -1.42. The molecule has 1 saturated heterocycles. The second kappa shape index (κ2) is 6.35. The number of hydrogen-bond donors (Lipinski definition) is 1. The number of carbonyl (C=O) groups excluding carboxylic acids is 1. The van der Waals surface area contributed by atoms with Crippen LogP contribution in [0.1, 0.15) is 41.0 Å². The molecule has 6 nitrogen and oxygen atoms in total. The first kappa shape index (κ1) is 15.9. The molecule has 0 bridgehead atoms. The molecule has 0 spiro atoms. The summed E-state index contributed by atoms with van der Waals surface area (Å²) in [4.78, 5) is 26.0. The number of para-hydroxylation sites is 1. The smallest absolute Gasteiger partial charge is 0.308 e. The van der Waals surface area contributed by atoms with Crippen LogP contribution in [0.15, 0.2) is 30.3 Å². The van der Waals surface area contributed by atoms with Crippen molar-refractivity contribution >= 4 is 11.9 Å². The Hall–Kier alpha value is -2.63. The number of carboxylic acids is 1. The molecule has 1 aliphatic carbocycles. The number of fused-ring (bicyclic) bond motifs is 1. The molecule has 2 aliphatic rings. The number of carbonyl (C=O) groups is 2. The number of amides is 1. The molecule has 1 amide bonds. The molecule has 1 atom stereocenters. The Morgan fingerprint density at radius 2 is 1.92 bits per heavy atom. The van der Waals surface area contributed by atoms with E-state index < -0.39 is 11.9 Å². The first-order valence-electron chi connectivity index (χ1n) is 8.83. The van der Waals surface area contributed by atoms with Crippen LogP contribution in [-0.2, 0) is 17.6 Å². The number of hydrogen-bond acceptors (Lipinski definition) is 3. The van der Waals surface area contributed by atoms with Crippen molar-refractivity contribution in [3.63, 3.8) is 0 Å². The monoisotopic (exact) mass is 339 g/mol. The predicted octanol–water partition coefficient (Wildman–Crippen LogP) is 2.30. The van der Waals surface area contributed by atoms with E-state index >= 15 is 0 Å². The molecule has 6 heteroatoms. The average Bonchev–Trinajstić information content (AvgIpc) is 3.24. The molecule has 2 aromatic rings. The molecule has 0 radical (unpaired) electrons. The van der Waals surface area contributed by atoms with Crippen molar-refractivity contribution in [2.45, 2.75) is 32.1 Å². The highest BCUT2D eigenvalue weighted by atomic mass is 16.4. The minimum Gasteiger partial charge on any atom is -0.481 e. The molecule has 25 heavy (non-hydrogen) atoms. The van der Waals surface area contributed by atoms with Gasteiger partial charge in [0.2, 0.25) is 0 Å². The number of aliphatic carboxylic acids is 1. The zero-order chi connectivity index (χ0) is 17.4. The van der Waals surface area contributed by atoms with E-state index in [2.05, 4.69) is 5.10 Å². The molecule has 1 N–H and O–H groups in total. The van der Waals surface area contributed by atoms with Gasteiger partial charge in [-0.2, -0.15) is 5.10 Å². The Kier molecular flexibility index (Phi) is 4.03. The van der Waals surface area contributed by atoms with Gasteiger partial charge < -0.3 is 10.0 Å². The van der Waals surface area contributed by atoms with Crippen LogP contribution in [-0.4, -0.2) is 44.8 Å². The fourth-order valence-corrected chi connectivity index (χ4v) is 3.90. The van der Waals surface area contributed by atoms with Crippen molar-refractivity contribution in [2.75, 3.05) is 13.1 Å². The first-order valence-corrected chi connectivity index (χ1v) is 8.83. The maximum absolute atomic E-state index is 13.0. The minimum absolute atomic E-state index is 0.126. The largest absolute Gasteiger partial charge is 0.481 e. The van der Waals surface area contributed by atoms with E-state index in [-0.39, 0.29) is 12.5 Å². The molecular weight excluding hydrogens is 318 g/mol. The summed E-state index contributed by atoms with van der Waals surface area (Å²) in [5, 5.41) is 13.9. The molecule has 1 fully saturated rings. The number of aromatic nitrogens is 2. The van der Waals surface area contributed by atoms with Crippen LogP contribution in [0.4, 0.5) is 0 Å². The zero-order valence-electron chi connectivity index (χ0n) is 14.0. The lowest BCUT2D eigenvalue weighted by Crippen LogP contribution is -2.42. The van der Waals surface area contributed by atoms with Gasteiger partial charge in [-0.3, -0.25) is 9.59 Å². The lowest BCUT2D eigenvalue weighted by molar-refractivity contribution is -0.143. The summed E-state index contributed by atoms with van der Waals surface area (Å²) in [6.07, 6.45) is 4.17. The van der Waals surface area contributed by atoms with Gasteiger partial charge in [0.25, 0.3) is 5.91 Å². The summed E-state index contributed by atoms with van der Waals surface area (Å²) in [6, 6.07) is 9.85. The second-order valence-electron chi connectivity index (χ2n) is 6.80. The maximum Gasteiger partial charge on any atom is 0.308 e. The Bertz CT molecular complexity index is 813. The number of piperidine rings is 1. The lowest BCUT2D eigenvalue weighted by atomic mass is 9.98. The topological polar surface area (TPSA) is 75.4 Å². The van der Waals surface area contributed by atoms with E-state index in [1.165, 1.54) is 0 Å². The van der Waals surface area contributed by atoms with Gasteiger partial charge in [-0.1, -0.05) is 18.2 Å². The van der Waals surface area contributed by atoms with E-state index in [0.29, 0.717) is 18.7 Å². The summed E-state index contributed by atoms with van der Waals surface area (Å²) >= 11 is 0. The molecule has 4 rings (SSSR count). The van der Waals surface area contributed by atoms with Gasteiger partial charge in [0, 0.05) is 24.3 Å². The van der Waals surface area contributed by atoms with Gasteiger partial charge in [0.1, 0.15) is 0 Å². The van der Waals surface area contributed by atoms with Gasteiger partial charge in [0.15, 0.2) is 5.69 Å². The number of nitrogens with zero attached hydrogens (tertiary/aromatic N) is 3. The SMILES string of the molecule is O=C(O)C1CCCN(C(=O)c2nn(-c3ccccc3)c3c2CCC3)C1. The van der Waals surface area contributed by atoms with Gasteiger partial charge in [-0.15, -0.1) is 0 Å². The van der Waals surface area contributed by atoms with Crippen LogP contribution in [0.3, 0.4) is 0 Å². The van der Waals surface area contributed by atoms with Gasteiger partial charge in [-0.05, 0) is 44.2 Å². The standard InChI is InChI=1S/C19H21N3O3/c23-18(21-11-5-6-13(12-21)19(24)25)17-15-9-4-10-16(15)22(20-17)14-7-2-1-3-8-14/h1-3,7-8,13H,4-6,9-12H2,(H,24,25). The Labute approximate surface area is 146 Å². The van der Waals surface area contributed by atoms with Crippen molar-refractivity contribution in [3.05, 3.63) is 47.3 Å². The number of benzene rings is 1. The predicted molar refractivity (Wildman–Crippen MR) is 91.9 cm³/mol. The average molecular weight is 339 g/mol. The second-order valence-corrected chi connectivity index (χ2v) is 6.80. The molecule has 1 aromatic heterocycles. The normalized spacial score (nSPS) is 19.7. The molecule has 1 aromatic carbocycles.